The monoisotopic (exact) mass is 407 g/mol. The Labute approximate surface area is 166 Å². The molecule has 154 valence electrons. The average molecular weight is 407 g/mol. The van der Waals surface area contributed by atoms with E-state index in [1.807, 2.05) is 0 Å². The molecule has 6 nitrogen and oxygen atoms in total. The van der Waals surface area contributed by atoms with Crippen molar-refractivity contribution in [3.8, 4) is 0 Å². The Morgan fingerprint density at radius 1 is 1.03 bits per heavy atom. The average Bonchev–Trinajstić information content (AvgIpc) is 2.71. The fourth-order valence-corrected chi connectivity index (χ4v) is 2.47. The SMILES string of the molecule is CNC(=O)C(=NOC)c1ccccc1C(C)=NOCc1ccc(C(F)(F)F)cc1. The molecular weight excluding hydrogens is 387 g/mol. The topological polar surface area (TPSA) is 72.3 Å². The Balaban J connectivity index is 2.18. The van der Waals surface area contributed by atoms with Gasteiger partial charge in [0, 0.05) is 18.2 Å². The number of nitrogens with one attached hydrogen (secondary N) is 1. The quantitative estimate of drug-likeness (QED) is 0.561. The second-order valence-electron chi connectivity index (χ2n) is 5.89. The molecule has 0 heterocycles. The first kappa shape index (κ1) is 21.9. The van der Waals surface area contributed by atoms with E-state index in [1.54, 1.807) is 31.2 Å². The van der Waals surface area contributed by atoms with Crippen molar-refractivity contribution in [3.05, 3.63) is 70.8 Å². The molecule has 0 saturated carbocycles. The molecule has 0 bridgehead atoms. The van der Waals surface area contributed by atoms with Gasteiger partial charge in [-0.2, -0.15) is 13.2 Å². The van der Waals surface area contributed by atoms with Crippen molar-refractivity contribution in [3.63, 3.8) is 0 Å². The van der Waals surface area contributed by atoms with E-state index in [-0.39, 0.29) is 12.3 Å². The van der Waals surface area contributed by atoms with E-state index in [0.717, 1.165) is 12.1 Å². The number of hydrogen-bond acceptors (Lipinski definition) is 5. The molecule has 0 saturated heterocycles. The Bertz CT molecular complexity index is 907. The molecule has 2 aromatic rings. The van der Waals surface area contributed by atoms with Crippen LogP contribution in [-0.4, -0.2) is 31.5 Å². The number of carbonyl (C=O) groups excluding carboxylic acids is 1. The zero-order valence-electron chi connectivity index (χ0n) is 16.1. The molecule has 0 spiro atoms. The van der Waals surface area contributed by atoms with Gasteiger partial charge in [-0.05, 0) is 24.6 Å². The minimum atomic E-state index is -4.38. The highest BCUT2D eigenvalue weighted by Gasteiger charge is 2.29. The highest BCUT2D eigenvalue weighted by atomic mass is 19.4. The number of oxime groups is 2. The van der Waals surface area contributed by atoms with Crippen molar-refractivity contribution in [2.24, 2.45) is 10.3 Å². The number of benzene rings is 2. The van der Waals surface area contributed by atoms with Crippen LogP contribution in [0.25, 0.3) is 0 Å². The summed E-state index contributed by atoms with van der Waals surface area (Å²) in [6.07, 6.45) is -4.38. The fraction of sp³-hybridized carbons (Fsp3) is 0.250. The van der Waals surface area contributed by atoms with Gasteiger partial charge in [0.2, 0.25) is 0 Å². The van der Waals surface area contributed by atoms with Crippen molar-refractivity contribution in [2.45, 2.75) is 19.7 Å². The maximum atomic E-state index is 12.6. The number of halogens is 3. The fourth-order valence-electron chi connectivity index (χ4n) is 2.47. The van der Waals surface area contributed by atoms with Gasteiger partial charge in [0.05, 0.1) is 11.3 Å². The van der Waals surface area contributed by atoms with Crippen molar-refractivity contribution in [1.29, 1.82) is 0 Å². The lowest BCUT2D eigenvalue weighted by Crippen LogP contribution is -2.29. The van der Waals surface area contributed by atoms with E-state index in [1.165, 1.54) is 26.3 Å². The third-order valence-electron chi connectivity index (χ3n) is 3.91. The molecule has 0 aromatic heterocycles. The summed E-state index contributed by atoms with van der Waals surface area (Å²) in [5, 5.41) is 10.3. The number of alkyl halides is 3. The molecule has 0 aliphatic rings. The Morgan fingerprint density at radius 2 is 1.66 bits per heavy atom. The second kappa shape index (κ2) is 9.72. The third kappa shape index (κ3) is 5.81. The number of amides is 1. The van der Waals surface area contributed by atoms with E-state index < -0.39 is 17.6 Å². The summed E-state index contributed by atoms with van der Waals surface area (Å²) in [6.45, 7) is 1.67. The van der Waals surface area contributed by atoms with Gasteiger partial charge in [-0.3, -0.25) is 4.79 Å². The van der Waals surface area contributed by atoms with Crippen LogP contribution in [0, 0.1) is 0 Å². The van der Waals surface area contributed by atoms with E-state index in [9.17, 15) is 18.0 Å². The number of hydrogen-bond donors (Lipinski definition) is 1. The maximum Gasteiger partial charge on any atom is 0.416 e. The normalized spacial score (nSPS) is 12.5. The Hall–Kier alpha value is -3.36. The summed E-state index contributed by atoms with van der Waals surface area (Å²) >= 11 is 0. The summed E-state index contributed by atoms with van der Waals surface area (Å²) in [6, 6.07) is 11.6. The summed E-state index contributed by atoms with van der Waals surface area (Å²) in [5.41, 5.74) is 1.43. The zero-order valence-corrected chi connectivity index (χ0v) is 16.1. The molecule has 0 aliphatic carbocycles. The van der Waals surface area contributed by atoms with Gasteiger partial charge in [0.25, 0.3) is 5.91 Å². The smallest absolute Gasteiger partial charge is 0.398 e. The molecule has 2 aromatic carbocycles. The first-order valence-corrected chi connectivity index (χ1v) is 8.53. The van der Waals surface area contributed by atoms with Crippen LogP contribution in [0.3, 0.4) is 0 Å². The predicted molar refractivity (Wildman–Crippen MR) is 102 cm³/mol. The van der Waals surface area contributed by atoms with Gasteiger partial charge in [-0.1, -0.05) is 46.7 Å². The van der Waals surface area contributed by atoms with Crippen LogP contribution >= 0.6 is 0 Å². The molecule has 29 heavy (non-hydrogen) atoms. The highest BCUT2D eigenvalue weighted by molar-refractivity contribution is 6.46. The molecule has 0 radical (unpaired) electrons. The zero-order chi connectivity index (χ0) is 21.4. The van der Waals surface area contributed by atoms with Crippen LogP contribution < -0.4 is 5.32 Å². The summed E-state index contributed by atoms with van der Waals surface area (Å²) in [5.74, 6) is -0.433. The lowest BCUT2D eigenvalue weighted by atomic mass is 9.99. The minimum Gasteiger partial charge on any atom is -0.398 e. The van der Waals surface area contributed by atoms with Crippen LogP contribution in [-0.2, 0) is 27.3 Å². The van der Waals surface area contributed by atoms with Gasteiger partial charge in [0.15, 0.2) is 5.71 Å². The number of likely N-dealkylation sites (N-methyl/N-ethyl adjacent to an activating group) is 1. The number of carbonyl (C=O) groups is 1. The van der Waals surface area contributed by atoms with E-state index in [0.29, 0.717) is 22.4 Å². The lowest BCUT2D eigenvalue weighted by Gasteiger charge is -2.11. The van der Waals surface area contributed by atoms with Crippen LogP contribution in [0.1, 0.15) is 29.2 Å². The van der Waals surface area contributed by atoms with E-state index in [4.69, 9.17) is 9.68 Å². The van der Waals surface area contributed by atoms with Crippen molar-refractivity contribution < 1.29 is 27.6 Å². The maximum absolute atomic E-state index is 12.6. The Morgan fingerprint density at radius 3 is 2.21 bits per heavy atom. The van der Waals surface area contributed by atoms with Crippen molar-refractivity contribution >= 4 is 17.3 Å². The number of rotatable bonds is 7. The number of nitrogens with zero attached hydrogens (tertiary/aromatic N) is 2. The Kier molecular flexibility index (Phi) is 7.35. The van der Waals surface area contributed by atoms with E-state index in [2.05, 4.69) is 15.6 Å². The largest absolute Gasteiger partial charge is 0.416 e. The molecule has 2 rings (SSSR count). The van der Waals surface area contributed by atoms with Gasteiger partial charge in [-0.15, -0.1) is 0 Å². The first-order valence-electron chi connectivity index (χ1n) is 8.53. The van der Waals surface area contributed by atoms with Crippen LogP contribution in [0.2, 0.25) is 0 Å². The molecule has 1 amide bonds. The summed E-state index contributed by atoms with van der Waals surface area (Å²) in [7, 11) is 2.81. The third-order valence-corrected chi connectivity index (χ3v) is 3.91. The molecule has 0 unspecified atom stereocenters. The molecule has 9 heteroatoms. The minimum absolute atomic E-state index is 0.00783. The van der Waals surface area contributed by atoms with Gasteiger partial charge < -0.3 is 15.0 Å². The highest BCUT2D eigenvalue weighted by Crippen LogP contribution is 2.29. The predicted octanol–water partition coefficient (Wildman–Crippen LogP) is 3.74. The summed E-state index contributed by atoms with van der Waals surface area (Å²) in [4.78, 5) is 22.1. The first-order chi connectivity index (χ1) is 13.8. The second-order valence-corrected chi connectivity index (χ2v) is 5.89. The lowest BCUT2D eigenvalue weighted by molar-refractivity contribution is -0.137. The van der Waals surface area contributed by atoms with Crippen LogP contribution in [0.4, 0.5) is 13.2 Å². The van der Waals surface area contributed by atoms with Crippen LogP contribution in [0.15, 0.2) is 58.8 Å². The van der Waals surface area contributed by atoms with E-state index >= 15 is 0 Å². The molecule has 0 atom stereocenters. The molecular formula is C20H20F3N3O3. The summed E-state index contributed by atoms with van der Waals surface area (Å²) < 4.78 is 37.8. The molecule has 1 N–H and O–H groups in total. The van der Waals surface area contributed by atoms with Crippen molar-refractivity contribution in [2.75, 3.05) is 14.2 Å². The van der Waals surface area contributed by atoms with Crippen LogP contribution in [0.5, 0.6) is 0 Å². The molecule has 0 aliphatic heterocycles. The molecule has 0 fully saturated rings. The van der Waals surface area contributed by atoms with Gasteiger partial charge >= 0.3 is 6.18 Å². The standard InChI is InChI=1S/C20H20F3N3O3/c1-13(25-29-12-14-8-10-15(11-9-14)20(21,22)23)16-6-4-5-7-17(16)18(26-28-3)19(27)24-2/h4-11H,12H2,1-3H3,(H,24,27). The van der Waals surface area contributed by atoms with Gasteiger partial charge in [-0.25, -0.2) is 0 Å². The van der Waals surface area contributed by atoms with Crippen molar-refractivity contribution in [1.82, 2.24) is 5.32 Å². The van der Waals surface area contributed by atoms with Gasteiger partial charge in [0.1, 0.15) is 13.7 Å².